The number of carbonyl (C=O) groups excluding carboxylic acids is 2. The van der Waals surface area contributed by atoms with E-state index in [9.17, 15) is 9.59 Å². The highest BCUT2D eigenvalue weighted by Gasteiger charge is 2.26. The predicted molar refractivity (Wildman–Crippen MR) is 115 cm³/mol. The van der Waals surface area contributed by atoms with Crippen molar-refractivity contribution in [2.75, 3.05) is 25.0 Å². The van der Waals surface area contributed by atoms with Gasteiger partial charge in [0, 0.05) is 23.8 Å². The fourth-order valence-electron chi connectivity index (χ4n) is 3.49. The molecule has 5 nitrogen and oxygen atoms in total. The number of carbonyl (C=O) groups is 2. The van der Waals surface area contributed by atoms with Crippen LogP contribution in [0.2, 0.25) is 10.0 Å². The number of esters is 1. The maximum Gasteiger partial charge on any atom is 0.339 e. The van der Waals surface area contributed by atoms with Crippen LogP contribution in [0.15, 0.2) is 42.5 Å². The molecule has 0 aliphatic carbocycles. The van der Waals surface area contributed by atoms with E-state index in [-0.39, 0.29) is 24.0 Å². The van der Waals surface area contributed by atoms with Crippen LogP contribution < -0.4 is 5.32 Å². The molecule has 1 aliphatic rings. The summed E-state index contributed by atoms with van der Waals surface area (Å²) in [5, 5.41) is 3.95. The molecule has 0 spiro atoms. The first kappa shape index (κ1) is 21.6. The van der Waals surface area contributed by atoms with Crippen LogP contribution in [0.5, 0.6) is 0 Å². The summed E-state index contributed by atoms with van der Waals surface area (Å²) in [5.74, 6) is -0.698. The van der Waals surface area contributed by atoms with Gasteiger partial charge in [-0.15, -0.1) is 0 Å². The Morgan fingerprint density at radius 3 is 2.72 bits per heavy atom. The van der Waals surface area contributed by atoms with Crippen molar-refractivity contribution in [1.82, 2.24) is 4.90 Å². The van der Waals surface area contributed by atoms with E-state index in [0.717, 1.165) is 36.5 Å². The molecule has 1 fully saturated rings. The molecular formula is C22H24Cl2N2O3. The zero-order chi connectivity index (χ0) is 20.8. The van der Waals surface area contributed by atoms with Crippen LogP contribution in [-0.2, 0) is 16.1 Å². The molecular weight excluding hydrogens is 411 g/mol. The maximum absolute atomic E-state index is 12.8. The van der Waals surface area contributed by atoms with Gasteiger partial charge in [0.15, 0.2) is 0 Å². The Morgan fingerprint density at radius 2 is 1.97 bits per heavy atom. The van der Waals surface area contributed by atoms with Crippen LogP contribution in [0.25, 0.3) is 0 Å². The highest BCUT2D eigenvalue weighted by atomic mass is 35.5. The summed E-state index contributed by atoms with van der Waals surface area (Å²) in [5.41, 5.74) is 1.84. The number of halogens is 2. The molecule has 0 bridgehead atoms. The van der Waals surface area contributed by atoms with E-state index < -0.39 is 5.97 Å². The van der Waals surface area contributed by atoms with Gasteiger partial charge in [0.05, 0.1) is 23.1 Å². The highest BCUT2D eigenvalue weighted by molar-refractivity contribution is 6.33. The molecule has 3 rings (SSSR count). The quantitative estimate of drug-likeness (QED) is 0.648. The molecule has 0 radical (unpaired) electrons. The van der Waals surface area contributed by atoms with Crippen molar-refractivity contribution in [3.63, 3.8) is 0 Å². The Labute approximate surface area is 180 Å². The third-order valence-electron chi connectivity index (χ3n) is 4.96. The Bertz CT molecular complexity index is 888. The summed E-state index contributed by atoms with van der Waals surface area (Å²) in [4.78, 5) is 27.1. The number of hydrogen-bond donors (Lipinski definition) is 1. The van der Waals surface area contributed by atoms with E-state index in [1.165, 1.54) is 0 Å². The molecule has 0 saturated carbocycles. The van der Waals surface area contributed by atoms with Crippen LogP contribution in [0, 0.1) is 5.92 Å². The number of piperidine rings is 1. The van der Waals surface area contributed by atoms with Crippen molar-refractivity contribution in [2.45, 2.75) is 26.3 Å². The van der Waals surface area contributed by atoms with Crippen LogP contribution in [0.3, 0.4) is 0 Å². The van der Waals surface area contributed by atoms with Gasteiger partial charge in [-0.1, -0.05) is 41.4 Å². The van der Waals surface area contributed by atoms with Gasteiger partial charge >= 0.3 is 5.97 Å². The Hall–Kier alpha value is -2.08. The number of hydrogen-bond acceptors (Lipinski definition) is 4. The van der Waals surface area contributed by atoms with E-state index in [0.29, 0.717) is 17.3 Å². The minimum absolute atomic E-state index is 0.0639. The van der Waals surface area contributed by atoms with Gasteiger partial charge in [-0.3, -0.25) is 9.69 Å². The lowest BCUT2D eigenvalue weighted by Gasteiger charge is -2.32. The van der Waals surface area contributed by atoms with Gasteiger partial charge in [-0.05, 0) is 56.1 Å². The number of nitrogens with zero attached hydrogens (tertiary/aromatic N) is 1. The monoisotopic (exact) mass is 434 g/mol. The van der Waals surface area contributed by atoms with Crippen LogP contribution >= 0.6 is 23.2 Å². The number of rotatable bonds is 6. The fourth-order valence-corrected chi connectivity index (χ4v) is 3.88. The largest absolute Gasteiger partial charge is 0.462 e. The number of benzene rings is 2. The van der Waals surface area contributed by atoms with Crippen molar-refractivity contribution in [2.24, 2.45) is 5.92 Å². The van der Waals surface area contributed by atoms with Gasteiger partial charge in [0.2, 0.25) is 5.91 Å². The Balaban J connectivity index is 1.64. The zero-order valence-electron chi connectivity index (χ0n) is 16.3. The van der Waals surface area contributed by atoms with E-state index in [2.05, 4.69) is 10.2 Å². The van der Waals surface area contributed by atoms with E-state index in [1.807, 2.05) is 24.3 Å². The molecule has 1 atom stereocenters. The minimum atomic E-state index is -0.503. The summed E-state index contributed by atoms with van der Waals surface area (Å²) in [6, 6.07) is 12.6. The number of nitrogens with one attached hydrogen (secondary N) is 1. The lowest BCUT2D eigenvalue weighted by molar-refractivity contribution is -0.121. The molecule has 1 aliphatic heterocycles. The Kier molecular flexibility index (Phi) is 7.53. The van der Waals surface area contributed by atoms with Gasteiger partial charge in [-0.2, -0.15) is 0 Å². The molecule has 0 aromatic heterocycles. The average molecular weight is 435 g/mol. The Morgan fingerprint density at radius 1 is 1.17 bits per heavy atom. The van der Waals surface area contributed by atoms with E-state index >= 15 is 0 Å². The first-order valence-electron chi connectivity index (χ1n) is 9.71. The smallest absolute Gasteiger partial charge is 0.339 e. The lowest BCUT2D eigenvalue weighted by atomic mass is 9.96. The van der Waals surface area contributed by atoms with Crippen molar-refractivity contribution < 1.29 is 14.3 Å². The van der Waals surface area contributed by atoms with Crippen LogP contribution in [0.4, 0.5) is 5.69 Å². The topological polar surface area (TPSA) is 58.6 Å². The second-order valence-corrected chi connectivity index (χ2v) is 7.88. The molecule has 2 aromatic carbocycles. The number of anilines is 1. The number of ether oxygens (including phenoxy) is 1. The summed E-state index contributed by atoms with van der Waals surface area (Å²) in [6.45, 7) is 4.31. The molecule has 1 saturated heterocycles. The molecule has 7 heteroatoms. The van der Waals surface area contributed by atoms with Gasteiger partial charge < -0.3 is 10.1 Å². The summed E-state index contributed by atoms with van der Waals surface area (Å²) >= 11 is 12.4. The van der Waals surface area contributed by atoms with E-state index in [1.54, 1.807) is 25.1 Å². The first-order chi connectivity index (χ1) is 14.0. The van der Waals surface area contributed by atoms with E-state index in [4.69, 9.17) is 27.9 Å². The summed E-state index contributed by atoms with van der Waals surface area (Å²) in [7, 11) is 0. The predicted octanol–water partition coefficient (Wildman–Crippen LogP) is 5.02. The van der Waals surface area contributed by atoms with Crippen molar-refractivity contribution in [1.29, 1.82) is 0 Å². The van der Waals surface area contributed by atoms with Crippen LogP contribution in [-0.4, -0.2) is 36.5 Å². The fraction of sp³-hybridized carbons (Fsp3) is 0.364. The first-order valence-corrected chi connectivity index (χ1v) is 10.5. The second-order valence-electron chi connectivity index (χ2n) is 7.07. The van der Waals surface area contributed by atoms with Crippen molar-refractivity contribution in [3.05, 3.63) is 63.6 Å². The lowest BCUT2D eigenvalue weighted by Crippen LogP contribution is -2.40. The van der Waals surface area contributed by atoms with Crippen LogP contribution in [0.1, 0.15) is 35.7 Å². The van der Waals surface area contributed by atoms with Gasteiger partial charge in [0.25, 0.3) is 0 Å². The molecule has 29 heavy (non-hydrogen) atoms. The second kappa shape index (κ2) is 10.1. The molecule has 2 aromatic rings. The average Bonchev–Trinajstić information content (AvgIpc) is 2.71. The summed E-state index contributed by atoms with van der Waals surface area (Å²) < 4.78 is 5.01. The molecule has 1 heterocycles. The third kappa shape index (κ3) is 5.72. The zero-order valence-corrected chi connectivity index (χ0v) is 17.8. The molecule has 154 valence electrons. The molecule has 1 N–H and O–H groups in total. The standard InChI is InChI=1S/C22H24Cl2N2O3/c1-2-29-22(28)18-12-17(9-10-20(18)24)25-21(27)16-7-5-11-26(14-16)13-15-6-3-4-8-19(15)23/h3-4,6,8-10,12,16H,2,5,7,11,13-14H2,1H3,(H,25,27)/t16-/m0/s1. The van der Waals surface area contributed by atoms with Gasteiger partial charge in [0.1, 0.15) is 0 Å². The molecule has 1 amide bonds. The minimum Gasteiger partial charge on any atom is -0.462 e. The number of likely N-dealkylation sites (tertiary alicyclic amines) is 1. The SMILES string of the molecule is CCOC(=O)c1cc(NC(=O)[C@H]2CCCN(Cc3ccccc3Cl)C2)ccc1Cl. The highest BCUT2D eigenvalue weighted by Crippen LogP contribution is 2.25. The van der Waals surface area contributed by atoms with Crippen molar-refractivity contribution in [3.8, 4) is 0 Å². The maximum atomic E-state index is 12.8. The third-order valence-corrected chi connectivity index (χ3v) is 5.66. The van der Waals surface area contributed by atoms with Crippen molar-refractivity contribution >= 4 is 40.8 Å². The number of amides is 1. The molecule has 0 unspecified atom stereocenters. The van der Waals surface area contributed by atoms with Gasteiger partial charge in [-0.25, -0.2) is 4.79 Å². The summed E-state index contributed by atoms with van der Waals surface area (Å²) in [6.07, 6.45) is 1.76. The normalized spacial score (nSPS) is 17.0.